The number of nitrogens with one attached hydrogen (secondary N) is 1. The molecule has 10 heteroatoms. The van der Waals surface area contributed by atoms with Crippen molar-refractivity contribution in [2.45, 2.75) is 0 Å². The van der Waals surface area contributed by atoms with E-state index in [-0.39, 0.29) is 0 Å². The van der Waals surface area contributed by atoms with Crippen LogP contribution in [0.4, 0.5) is 0 Å². The van der Waals surface area contributed by atoms with Gasteiger partial charge in [-0.3, -0.25) is 0 Å². The zero-order valence-electron chi connectivity index (χ0n) is 10.7. The monoisotopic (exact) mass is 410 g/mol. The fourth-order valence-electron chi connectivity index (χ4n) is 1.63. The van der Waals surface area contributed by atoms with Crippen LogP contribution in [0, 0.1) is 0 Å². The summed E-state index contributed by atoms with van der Waals surface area (Å²) in [6.07, 6.45) is 6.60. The number of nitrogens with zero attached hydrogens (tertiary/aromatic N) is 7. The summed E-state index contributed by atoms with van der Waals surface area (Å²) in [5, 5.41) is 0. The van der Waals surface area contributed by atoms with Crippen LogP contribution < -0.4 is 0 Å². The van der Waals surface area contributed by atoms with Gasteiger partial charge in [0.1, 0.15) is 17.4 Å². The van der Waals surface area contributed by atoms with E-state index in [1.807, 2.05) is 11.6 Å². The van der Waals surface area contributed by atoms with E-state index in [9.17, 15) is 0 Å². The van der Waals surface area contributed by atoms with Gasteiger partial charge in [0, 0.05) is 7.05 Å². The third kappa shape index (κ3) is 3.05. The van der Waals surface area contributed by atoms with Crippen LogP contribution in [0.3, 0.4) is 0 Å². The summed E-state index contributed by atoms with van der Waals surface area (Å²) in [6, 6.07) is 0. The molecule has 0 aliphatic heterocycles. The van der Waals surface area contributed by atoms with Crippen molar-refractivity contribution in [3.8, 4) is 0 Å². The van der Waals surface area contributed by atoms with E-state index in [4.69, 9.17) is 0 Å². The predicted molar refractivity (Wildman–Crippen MR) is 83.4 cm³/mol. The number of aromatic amines is 1. The van der Waals surface area contributed by atoms with Crippen molar-refractivity contribution in [1.82, 2.24) is 39.5 Å². The Hall–Kier alpha value is -1.94. The molecule has 4 rings (SSSR count). The molecule has 0 saturated carbocycles. The molecule has 1 N–H and O–H groups in total. The van der Waals surface area contributed by atoms with Gasteiger partial charge in [0.25, 0.3) is 0 Å². The Morgan fingerprint density at radius 2 is 1.90 bits per heavy atom. The van der Waals surface area contributed by atoms with Gasteiger partial charge < -0.3 is 9.55 Å². The predicted octanol–water partition coefficient (Wildman–Crippen LogP) is 2.24. The van der Waals surface area contributed by atoms with Crippen molar-refractivity contribution in [3.63, 3.8) is 0 Å². The molecule has 21 heavy (non-hydrogen) atoms. The summed E-state index contributed by atoms with van der Waals surface area (Å²) in [6.45, 7) is 0. The third-order valence-corrected chi connectivity index (χ3v) is 3.34. The van der Waals surface area contributed by atoms with Crippen molar-refractivity contribution in [2.24, 2.45) is 7.05 Å². The second-order valence-corrected chi connectivity index (χ2v) is 5.45. The molecule has 0 fully saturated rings. The van der Waals surface area contributed by atoms with Crippen LogP contribution in [0.15, 0.2) is 34.5 Å². The summed E-state index contributed by atoms with van der Waals surface area (Å²) >= 11 is 6.36. The summed E-state index contributed by atoms with van der Waals surface area (Å²) in [4.78, 5) is 26.8. The lowest BCUT2D eigenvalue weighted by atomic mass is 10.5. The van der Waals surface area contributed by atoms with Gasteiger partial charge >= 0.3 is 0 Å². The molecule has 8 nitrogen and oxygen atoms in total. The number of rotatable bonds is 0. The van der Waals surface area contributed by atoms with Crippen LogP contribution >= 0.6 is 31.9 Å². The van der Waals surface area contributed by atoms with E-state index in [2.05, 4.69) is 66.7 Å². The van der Waals surface area contributed by atoms with E-state index in [1.54, 1.807) is 18.7 Å². The van der Waals surface area contributed by atoms with Crippen molar-refractivity contribution >= 4 is 54.2 Å². The number of halogens is 2. The SMILES string of the molecule is Brc1nc2ncncc2[nH]1.Cn1cnc2nc(Br)ncc21. The Balaban J connectivity index is 0.000000126. The Morgan fingerprint density at radius 1 is 1.05 bits per heavy atom. The van der Waals surface area contributed by atoms with Crippen molar-refractivity contribution in [1.29, 1.82) is 0 Å². The van der Waals surface area contributed by atoms with E-state index < -0.39 is 0 Å². The van der Waals surface area contributed by atoms with Gasteiger partial charge in [-0.15, -0.1) is 0 Å². The van der Waals surface area contributed by atoms with Gasteiger partial charge in [-0.05, 0) is 31.9 Å². The Morgan fingerprint density at radius 3 is 2.71 bits per heavy atom. The maximum absolute atomic E-state index is 4.07. The Kier molecular flexibility index (Phi) is 3.88. The first-order valence-electron chi connectivity index (χ1n) is 5.74. The fourth-order valence-corrected chi connectivity index (χ4v) is 2.28. The average Bonchev–Trinajstić information content (AvgIpc) is 3.01. The number of hydrogen-bond donors (Lipinski definition) is 1. The van der Waals surface area contributed by atoms with Crippen LogP contribution in [0.1, 0.15) is 0 Å². The van der Waals surface area contributed by atoms with E-state index in [1.165, 1.54) is 6.33 Å². The quantitative estimate of drug-likeness (QED) is 0.352. The Labute approximate surface area is 135 Å². The normalized spacial score (nSPS) is 10.6. The van der Waals surface area contributed by atoms with Crippen LogP contribution in [-0.4, -0.2) is 39.5 Å². The number of aryl methyl sites for hydroxylation is 1. The highest BCUT2D eigenvalue weighted by Gasteiger charge is 2.00. The number of aromatic nitrogens is 8. The molecule has 0 aliphatic carbocycles. The van der Waals surface area contributed by atoms with Crippen LogP contribution in [0.5, 0.6) is 0 Å². The number of H-pyrrole nitrogens is 1. The fraction of sp³-hybridized carbons (Fsp3) is 0.0909. The van der Waals surface area contributed by atoms with Crippen molar-refractivity contribution < 1.29 is 0 Å². The van der Waals surface area contributed by atoms with Crippen LogP contribution in [0.2, 0.25) is 0 Å². The highest BCUT2D eigenvalue weighted by Crippen LogP contribution is 2.10. The second kappa shape index (κ2) is 5.82. The van der Waals surface area contributed by atoms with E-state index >= 15 is 0 Å². The van der Waals surface area contributed by atoms with Crippen LogP contribution in [-0.2, 0) is 7.05 Å². The van der Waals surface area contributed by atoms with Crippen LogP contribution in [0.25, 0.3) is 22.3 Å². The summed E-state index contributed by atoms with van der Waals surface area (Å²) in [5.74, 6) is 0. The number of fused-ring (bicyclic) bond motifs is 2. The highest BCUT2D eigenvalue weighted by molar-refractivity contribution is 9.10. The largest absolute Gasteiger partial charge is 0.331 e. The van der Waals surface area contributed by atoms with Gasteiger partial charge in [-0.25, -0.2) is 29.9 Å². The maximum Gasteiger partial charge on any atom is 0.198 e. The zero-order valence-corrected chi connectivity index (χ0v) is 13.9. The van der Waals surface area contributed by atoms with Gasteiger partial charge in [0.05, 0.1) is 18.7 Å². The lowest BCUT2D eigenvalue weighted by Gasteiger charge is -1.91. The molecule has 0 bridgehead atoms. The molecule has 0 saturated heterocycles. The zero-order chi connectivity index (χ0) is 14.8. The van der Waals surface area contributed by atoms with Gasteiger partial charge in [0.15, 0.2) is 20.8 Å². The first kappa shape index (κ1) is 14.0. The minimum atomic E-state index is 0.573. The molecule has 0 aromatic carbocycles. The molecule has 0 radical (unpaired) electrons. The molecule has 4 aromatic heterocycles. The number of imidazole rings is 2. The van der Waals surface area contributed by atoms with Crippen molar-refractivity contribution in [2.75, 3.05) is 0 Å². The lowest BCUT2D eigenvalue weighted by molar-refractivity contribution is 0.944. The molecule has 4 heterocycles. The molecule has 0 atom stereocenters. The molecule has 0 unspecified atom stereocenters. The Bertz CT molecular complexity index is 866. The molecule has 0 amide bonds. The minimum absolute atomic E-state index is 0.573. The minimum Gasteiger partial charge on any atom is -0.331 e. The molecule has 0 aliphatic rings. The van der Waals surface area contributed by atoms with Gasteiger partial charge in [0.2, 0.25) is 0 Å². The standard InChI is InChI=1S/C6H5BrN4.C5H3BrN4/c1-11-3-9-5-4(11)2-8-6(7)10-5;6-5-9-3-1-7-2-8-4(3)10-5/h2-3H,1H3;1-2H,(H,7,8,9,10). The van der Waals surface area contributed by atoms with Gasteiger partial charge in [-0.2, -0.15) is 0 Å². The molecular weight excluding hydrogens is 404 g/mol. The highest BCUT2D eigenvalue weighted by atomic mass is 79.9. The molecule has 106 valence electrons. The summed E-state index contributed by atoms with van der Waals surface area (Å²) < 4.78 is 3.13. The molecule has 4 aromatic rings. The molecular formula is C11H8Br2N8. The second-order valence-electron chi connectivity index (χ2n) is 3.99. The van der Waals surface area contributed by atoms with E-state index in [0.717, 1.165) is 16.7 Å². The average molecular weight is 412 g/mol. The van der Waals surface area contributed by atoms with Gasteiger partial charge in [-0.1, -0.05) is 0 Å². The van der Waals surface area contributed by atoms with Crippen molar-refractivity contribution in [3.05, 3.63) is 34.5 Å². The molecule has 0 spiro atoms. The third-order valence-electron chi connectivity index (χ3n) is 2.59. The lowest BCUT2D eigenvalue weighted by Crippen LogP contribution is -1.87. The number of hydrogen-bond acceptors (Lipinski definition) is 6. The summed E-state index contributed by atoms with van der Waals surface area (Å²) in [7, 11) is 1.91. The topological polar surface area (TPSA) is 98.1 Å². The van der Waals surface area contributed by atoms with E-state index in [0.29, 0.717) is 15.1 Å². The first-order chi connectivity index (χ1) is 10.1. The maximum atomic E-state index is 4.07. The smallest absolute Gasteiger partial charge is 0.198 e. The summed E-state index contributed by atoms with van der Waals surface area (Å²) in [5.41, 5.74) is 3.18. The first-order valence-corrected chi connectivity index (χ1v) is 7.33.